The number of hydrogen-bond donors (Lipinski definition) is 0. The molecule has 0 spiro atoms. The fourth-order valence-corrected chi connectivity index (χ4v) is 1.38. The van der Waals surface area contributed by atoms with E-state index in [0.717, 1.165) is 24.8 Å². The molecule has 0 fully saturated rings. The lowest BCUT2D eigenvalue weighted by atomic mass is 9.99. The molecule has 1 nitrogen and oxygen atoms in total. The molecule has 0 aromatic carbocycles. The van der Waals surface area contributed by atoms with Gasteiger partial charge in [0.1, 0.15) is 0 Å². The predicted octanol–water partition coefficient (Wildman–Crippen LogP) is 3.66. The van der Waals surface area contributed by atoms with Crippen LogP contribution in [0.2, 0.25) is 0 Å². The summed E-state index contributed by atoms with van der Waals surface area (Å²) in [4.78, 5) is 11.5. The summed E-state index contributed by atoms with van der Waals surface area (Å²) < 4.78 is 0. The Balaban J connectivity index is 4.62. The van der Waals surface area contributed by atoms with Gasteiger partial charge in [0.25, 0.3) is 0 Å². The van der Waals surface area contributed by atoms with Gasteiger partial charge in [0.2, 0.25) is 0 Å². The fraction of sp³-hybridized carbons (Fsp3) is 0.583. The highest BCUT2D eigenvalue weighted by atomic mass is 16.1. The zero-order valence-electron chi connectivity index (χ0n) is 9.18. The second-order valence-electron chi connectivity index (χ2n) is 3.20. The highest BCUT2D eigenvalue weighted by Crippen LogP contribution is 2.15. The molecular formula is C12H20O. The largest absolute Gasteiger partial charge is 0.290 e. The smallest absolute Gasteiger partial charge is 0.181 e. The molecule has 0 amide bonds. The Hall–Kier alpha value is -0.850. The molecular weight excluding hydrogens is 160 g/mol. The topological polar surface area (TPSA) is 17.1 Å². The Morgan fingerprint density at radius 2 is 1.92 bits per heavy atom. The fourth-order valence-electron chi connectivity index (χ4n) is 1.38. The van der Waals surface area contributed by atoms with Crippen molar-refractivity contribution in [2.24, 2.45) is 0 Å². The van der Waals surface area contributed by atoms with Crippen LogP contribution in [0.15, 0.2) is 23.3 Å². The molecule has 0 atom stereocenters. The summed E-state index contributed by atoms with van der Waals surface area (Å²) in [5.41, 5.74) is 2.23. The minimum absolute atomic E-state index is 0.160. The van der Waals surface area contributed by atoms with Crippen molar-refractivity contribution in [3.8, 4) is 0 Å². The molecule has 0 aliphatic rings. The monoisotopic (exact) mass is 180 g/mol. The Kier molecular flexibility index (Phi) is 6.21. The van der Waals surface area contributed by atoms with Gasteiger partial charge in [-0.2, -0.15) is 0 Å². The lowest BCUT2D eigenvalue weighted by molar-refractivity contribution is -0.111. The molecule has 0 saturated heterocycles. The first-order valence-corrected chi connectivity index (χ1v) is 5.02. The zero-order chi connectivity index (χ0) is 10.3. The third kappa shape index (κ3) is 4.07. The first-order chi connectivity index (χ1) is 6.17. The molecule has 0 aliphatic carbocycles. The van der Waals surface area contributed by atoms with Crippen molar-refractivity contribution in [3.63, 3.8) is 0 Å². The van der Waals surface area contributed by atoms with Crippen LogP contribution in [0.4, 0.5) is 0 Å². The normalized spacial score (nSPS) is 13.2. The Bertz CT molecular complexity index is 221. The Morgan fingerprint density at radius 3 is 2.31 bits per heavy atom. The van der Waals surface area contributed by atoms with Gasteiger partial charge in [-0.1, -0.05) is 31.9 Å². The van der Waals surface area contributed by atoms with E-state index < -0.39 is 0 Å². The summed E-state index contributed by atoms with van der Waals surface area (Å²) in [5.74, 6) is 0.160. The molecule has 0 heterocycles. The highest BCUT2D eigenvalue weighted by Gasteiger charge is 2.05. The first kappa shape index (κ1) is 12.2. The average Bonchev–Trinajstić information content (AvgIpc) is 2.13. The van der Waals surface area contributed by atoms with Gasteiger partial charge in [-0.3, -0.25) is 4.79 Å². The summed E-state index contributed by atoms with van der Waals surface area (Å²) in [6.45, 7) is 8.05. The third-order valence-electron chi connectivity index (χ3n) is 2.20. The maximum absolute atomic E-state index is 11.5. The third-order valence-corrected chi connectivity index (χ3v) is 2.20. The van der Waals surface area contributed by atoms with Crippen LogP contribution < -0.4 is 0 Å². The summed E-state index contributed by atoms with van der Waals surface area (Å²) in [7, 11) is 0. The summed E-state index contributed by atoms with van der Waals surface area (Å²) in [6, 6.07) is 0. The molecule has 0 aromatic heterocycles. The van der Waals surface area contributed by atoms with E-state index in [2.05, 4.69) is 13.8 Å². The molecule has 0 aliphatic heterocycles. The molecule has 0 bridgehead atoms. The van der Waals surface area contributed by atoms with Crippen LogP contribution >= 0.6 is 0 Å². The second kappa shape index (κ2) is 6.64. The lowest BCUT2D eigenvalue weighted by Gasteiger charge is -2.06. The van der Waals surface area contributed by atoms with E-state index >= 15 is 0 Å². The van der Waals surface area contributed by atoms with Crippen LogP contribution in [0.5, 0.6) is 0 Å². The van der Waals surface area contributed by atoms with Crippen molar-refractivity contribution in [2.75, 3.05) is 0 Å². The van der Waals surface area contributed by atoms with Gasteiger partial charge < -0.3 is 0 Å². The molecule has 1 heteroatoms. The van der Waals surface area contributed by atoms with Crippen LogP contribution in [0.3, 0.4) is 0 Å². The van der Waals surface area contributed by atoms with Crippen molar-refractivity contribution >= 4 is 5.78 Å². The molecule has 0 unspecified atom stereocenters. The van der Waals surface area contributed by atoms with Gasteiger partial charge in [0.05, 0.1) is 0 Å². The van der Waals surface area contributed by atoms with Gasteiger partial charge >= 0.3 is 0 Å². The van der Waals surface area contributed by atoms with Gasteiger partial charge in [-0.05, 0) is 38.3 Å². The lowest BCUT2D eigenvalue weighted by Crippen LogP contribution is -1.99. The maximum Gasteiger partial charge on any atom is 0.181 e. The molecule has 0 saturated carbocycles. The standard InChI is InChI=1S/C12H20O/c1-5-8-11(7-3)10(4)12(13)9-6-2/h6,9H,5,7-8H2,1-4H3/b9-6+,11-10?. The van der Waals surface area contributed by atoms with E-state index in [1.54, 1.807) is 12.2 Å². The quantitative estimate of drug-likeness (QED) is 0.590. The first-order valence-electron chi connectivity index (χ1n) is 5.02. The molecule has 74 valence electrons. The van der Waals surface area contributed by atoms with Gasteiger partial charge in [-0.25, -0.2) is 0 Å². The van der Waals surface area contributed by atoms with E-state index in [1.165, 1.54) is 5.57 Å². The van der Waals surface area contributed by atoms with E-state index in [1.807, 2.05) is 13.8 Å². The van der Waals surface area contributed by atoms with Crippen molar-refractivity contribution in [1.82, 2.24) is 0 Å². The predicted molar refractivity (Wildman–Crippen MR) is 57.7 cm³/mol. The number of hydrogen-bond acceptors (Lipinski definition) is 1. The summed E-state index contributed by atoms with van der Waals surface area (Å²) in [5, 5.41) is 0. The van der Waals surface area contributed by atoms with Crippen molar-refractivity contribution < 1.29 is 4.79 Å². The van der Waals surface area contributed by atoms with Crippen molar-refractivity contribution in [1.29, 1.82) is 0 Å². The zero-order valence-corrected chi connectivity index (χ0v) is 9.18. The minimum atomic E-state index is 0.160. The van der Waals surface area contributed by atoms with Crippen LogP contribution in [-0.4, -0.2) is 5.78 Å². The van der Waals surface area contributed by atoms with Gasteiger partial charge in [0, 0.05) is 0 Å². The van der Waals surface area contributed by atoms with Crippen LogP contribution in [0, 0.1) is 0 Å². The van der Waals surface area contributed by atoms with Crippen molar-refractivity contribution in [3.05, 3.63) is 23.3 Å². The van der Waals surface area contributed by atoms with E-state index in [-0.39, 0.29) is 5.78 Å². The molecule has 13 heavy (non-hydrogen) atoms. The van der Waals surface area contributed by atoms with Crippen LogP contribution in [0.25, 0.3) is 0 Å². The SMILES string of the molecule is C/C=C/C(=O)C(C)=C(CC)CCC. The van der Waals surface area contributed by atoms with Gasteiger partial charge in [0.15, 0.2) is 5.78 Å². The number of ketones is 1. The van der Waals surface area contributed by atoms with E-state index in [9.17, 15) is 4.79 Å². The minimum Gasteiger partial charge on any atom is -0.290 e. The van der Waals surface area contributed by atoms with E-state index in [4.69, 9.17) is 0 Å². The van der Waals surface area contributed by atoms with Crippen LogP contribution in [-0.2, 0) is 4.79 Å². The average molecular weight is 180 g/mol. The molecule has 0 aromatic rings. The van der Waals surface area contributed by atoms with E-state index in [0.29, 0.717) is 0 Å². The number of rotatable bonds is 5. The number of carbonyl (C=O) groups is 1. The van der Waals surface area contributed by atoms with Crippen LogP contribution in [0.1, 0.15) is 47.0 Å². The number of carbonyl (C=O) groups excluding carboxylic acids is 1. The molecule has 0 rings (SSSR count). The highest BCUT2D eigenvalue weighted by molar-refractivity contribution is 6.03. The Labute approximate surface area is 81.5 Å². The second-order valence-corrected chi connectivity index (χ2v) is 3.20. The summed E-state index contributed by atoms with van der Waals surface area (Å²) >= 11 is 0. The van der Waals surface area contributed by atoms with Gasteiger partial charge in [-0.15, -0.1) is 0 Å². The number of allylic oxidation sites excluding steroid dienone is 4. The molecule has 0 N–H and O–H groups in total. The molecule has 0 radical (unpaired) electrons. The Morgan fingerprint density at radius 1 is 1.31 bits per heavy atom. The van der Waals surface area contributed by atoms with Crippen molar-refractivity contribution in [2.45, 2.75) is 47.0 Å². The summed E-state index contributed by atoms with van der Waals surface area (Å²) in [6.07, 6.45) is 6.59. The maximum atomic E-state index is 11.5.